The molecular weight excluding hydrogens is 286 g/mol. The van der Waals surface area contributed by atoms with Crippen molar-refractivity contribution < 1.29 is 9.53 Å². The van der Waals surface area contributed by atoms with E-state index in [4.69, 9.17) is 16.3 Å². The first-order valence-corrected chi connectivity index (χ1v) is 8.22. The van der Waals surface area contributed by atoms with Gasteiger partial charge in [0.15, 0.2) is 0 Å². The molecule has 0 radical (unpaired) electrons. The molecular formula is C17H24ClNO2. The Bertz CT molecular complexity index is 466. The summed E-state index contributed by atoms with van der Waals surface area (Å²) in [5, 5.41) is 0.689. The fraction of sp³-hybridized carbons (Fsp3) is 0.588. The largest absolute Gasteiger partial charge is 0.490 e. The van der Waals surface area contributed by atoms with Gasteiger partial charge in [0.25, 0.3) is 0 Å². The molecule has 1 saturated heterocycles. The molecule has 1 amide bonds. The fourth-order valence-electron chi connectivity index (χ4n) is 2.82. The zero-order valence-corrected chi connectivity index (χ0v) is 13.6. The van der Waals surface area contributed by atoms with Gasteiger partial charge in [0.2, 0.25) is 5.91 Å². The Labute approximate surface area is 132 Å². The standard InChI is InChI=1S/C17H24ClNO2/c1-3-13(4-2)17(20)19-10-8-15(9-11-19)21-16-7-5-6-14(18)12-16/h5-7,12-13,15H,3-4,8-11H2,1-2H3. The minimum Gasteiger partial charge on any atom is -0.490 e. The van der Waals surface area contributed by atoms with Gasteiger partial charge < -0.3 is 9.64 Å². The summed E-state index contributed by atoms with van der Waals surface area (Å²) < 4.78 is 5.95. The Morgan fingerprint density at radius 3 is 2.57 bits per heavy atom. The minimum atomic E-state index is 0.175. The van der Waals surface area contributed by atoms with Crippen molar-refractivity contribution >= 4 is 17.5 Å². The van der Waals surface area contributed by atoms with E-state index in [-0.39, 0.29) is 12.0 Å². The third-order valence-electron chi connectivity index (χ3n) is 4.19. The molecule has 116 valence electrons. The van der Waals surface area contributed by atoms with Crippen LogP contribution >= 0.6 is 11.6 Å². The van der Waals surface area contributed by atoms with Crippen LogP contribution in [0.3, 0.4) is 0 Å². The van der Waals surface area contributed by atoms with Crippen molar-refractivity contribution in [1.82, 2.24) is 4.90 Å². The van der Waals surface area contributed by atoms with Crippen molar-refractivity contribution in [2.75, 3.05) is 13.1 Å². The molecule has 0 aliphatic carbocycles. The summed E-state index contributed by atoms with van der Waals surface area (Å²) in [5.41, 5.74) is 0. The number of rotatable bonds is 5. The predicted molar refractivity (Wildman–Crippen MR) is 85.8 cm³/mol. The number of carbonyl (C=O) groups is 1. The van der Waals surface area contributed by atoms with Gasteiger partial charge in [-0.15, -0.1) is 0 Å². The first-order chi connectivity index (χ1) is 10.1. The van der Waals surface area contributed by atoms with E-state index in [1.165, 1.54) is 0 Å². The third-order valence-corrected chi connectivity index (χ3v) is 4.42. The molecule has 1 aliphatic heterocycles. The number of ether oxygens (including phenoxy) is 1. The molecule has 2 rings (SSSR count). The number of hydrogen-bond donors (Lipinski definition) is 0. The van der Waals surface area contributed by atoms with Gasteiger partial charge in [0, 0.05) is 36.9 Å². The number of piperidine rings is 1. The Morgan fingerprint density at radius 1 is 1.33 bits per heavy atom. The van der Waals surface area contributed by atoms with Crippen molar-refractivity contribution in [1.29, 1.82) is 0 Å². The van der Waals surface area contributed by atoms with Gasteiger partial charge in [-0.3, -0.25) is 4.79 Å². The van der Waals surface area contributed by atoms with E-state index in [0.29, 0.717) is 10.9 Å². The molecule has 1 heterocycles. The Balaban J connectivity index is 1.84. The maximum absolute atomic E-state index is 12.3. The van der Waals surface area contributed by atoms with E-state index in [0.717, 1.165) is 44.5 Å². The second-order valence-corrected chi connectivity index (χ2v) is 6.05. The molecule has 0 saturated carbocycles. The molecule has 4 heteroatoms. The number of hydrogen-bond acceptors (Lipinski definition) is 2. The van der Waals surface area contributed by atoms with Crippen LogP contribution in [0.5, 0.6) is 5.75 Å². The lowest BCUT2D eigenvalue weighted by Crippen LogP contribution is -2.44. The summed E-state index contributed by atoms with van der Waals surface area (Å²) in [6.07, 6.45) is 3.80. The van der Waals surface area contributed by atoms with Crippen LogP contribution in [-0.4, -0.2) is 30.0 Å². The molecule has 0 N–H and O–H groups in total. The average molecular weight is 310 g/mol. The highest BCUT2D eigenvalue weighted by Gasteiger charge is 2.27. The van der Waals surface area contributed by atoms with Crippen LogP contribution in [0.25, 0.3) is 0 Å². The monoisotopic (exact) mass is 309 g/mol. The molecule has 1 fully saturated rings. The lowest BCUT2D eigenvalue weighted by molar-refractivity contribution is -0.137. The molecule has 0 bridgehead atoms. The van der Waals surface area contributed by atoms with Gasteiger partial charge in [-0.1, -0.05) is 31.5 Å². The first-order valence-electron chi connectivity index (χ1n) is 7.85. The van der Waals surface area contributed by atoms with Crippen molar-refractivity contribution in [2.45, 2.75) is 45.6 Å². The summed E-state index contributed by atoms with van der Waals surface area (Å²) in [4.78, 5) is 14.3. The Hall–Kier alpha value is -1.22. The molecule has 1 aromatic rings. The maximum atomic E-state index is 12.3. The van der Waals surface area contributed by atoms with Gasteiger partial charge in [-0.2, -0.15) is 0 Å². The quantitative estimate of drug-likeness (QED) is 0.818. The van der Waals surface area contributed by atoms with E-state index in [2.05, 4.69) is 13.8 Å². The molecule has 3 nitrogen and oxygen atoms in total. The average Bonchev–Trinajstić information content (AvgIpc) is 2.49. The summed E-state index contributed by atoms with van der Waals surface area (Å²) in [6.45, 7) is 5.75. The first kappa shape index (κ1) is 16.2. The number of nitrogens with zero attached hydrogens (tertiary/aromatic N) is 1. The number of amides is 1. The SMILES string of the molecule is CCC(CC)C(=O)N1CCC(Oc2cccc(Cl)c2)CC1. The van der Waals surface area contributed by atoms with E-state index >= 15 is 0 Å². The highest BCUT2D eigenvalue weighted by molar-refractivity contribution is 6.30. The van der Waals surface area contributed by atoms with E-state index in [1.54, 1.807) is 0 Å². The van der Waals surface area contributed by atoms with Crippen LogP contribution in [0.1, 0.15) is 39.5 Å². The third kappa shape index (κ3) is 4.37. The van der Waals surface area contributed by atoms with Gasteiger partial charge >= 0.3 is 0 Å². The highest BCUT2D eigenvalue weighted by atomic mass is 35.5. The Kier molecular flexibility index (Phi) is 5.92. The normalized spacial score (nSPS) is 16.3. The van der Waals surface area contributed by atoms with Crippen LogP contribution in [0, 0.1) is 5.92 Å². The number of halogens is 1. The number of likely N-dealkylation sites (tertiary alicyclic amines) is 1. The summed E-state index contributed by atoms with van der Waals surface area (Å²) in [7, 11) is 0. The molecule has 21 heavy (non-hydrogen) atoms. The van der Waals surface area contributed by atoms with Gasteiger partial charge in [-0.05, 0) is 31.0 Å². The van der Waals surface area contributed by atoms with E-state index in [1.807, 2.05) is 29.2 Å². The summed E-state index contributed by atoms with van der Waals surface area (Å²) in [5.74, 6) is 1.30. The molecule has 1 aromatic carbocycles. The van der Waals surface area contributed by atoms with Crippen LogP contribution in [-0.2, 0) is 4.79 Å². The molecule has 0 unspecified atom stereocenters. The van der Waals surface area contributed by atoms with Crippen LogP contribution in [0.2, 0.25) is 5.02 Å². The van der Waals surface area contributed by atoms with Gasteiger partial charge in [0.05, 0.1) is 0 Å². The van der Waals surface area contributed by atoms with Crippen molar-refractivity contribution in [3.8, 4) is 5.75 Å². The van der Waals surface area contributed by atoms with E-state index in [9.17, 15) is 4.79 Å². The van der Waals surface area contributed by atoms with Crippen LogP contribution < -0.4 is 4.74 Å². The molecule has 0 atom stereocenters. The number of carbonyl (C=O) groups excluding carboxylic acids is 1. The lowest BCUT2D eigenvalue weighted by Gasteiger charge is -2.34. The van der Waals surface area contributed by atoms with E-state index < -0.39 is 0 Å². The lowest BCUT2D eigenvalue weighted by atomic mass is 9.99. The topological polar surface area (TPSA) is 29.5 Å². The molecule has 0 aromatic heterocycles. The zero-order valence-electron chi connectivity index (χ0n) is 12.8. The van der Waals surface area contributed by atoms with Crippen molar-refractivity contribution in [3.63, 3.8) is 0 Å². The molecule has 0 spiro atoms. The summed E-state index contributed by atoms with van der Waals surface area (Å²) in [6, 6.07) is 7.49. The predicted octanol–water partition coefficient (Wildman–Crippen LogP) is 4.15. The highest BCUT2D eigenvalue weighted by Crippen LogP contribution is 2.23. The number of benzene rings is 1. The van der Waals surface area contributed by atoms with Gasteiger partial charge in [0.1, 0.15) is 11.9 Å². The summed E-state index contributed by atoms with van der Waals surface area (Å²) >= 11 is 5.96. The van der Waals surface area contributed by atoms with Crippen molar-refractivity contribution in [2.24, 2.45) is 5.92 Å². The van der Waals surface area contributed by atoms with Crippen LogP contribution in [0.15, 0.2) is 24.3 Å². The molecule has 1 aliphatic rings. The minimum absolute atomic E-state index is 0.175. The Morgan fingerprint density at radius 2 is 2.00 bits per heavy atom. The maximum Gasteiger partial charge on any atom is 0.225 e. The second kappa shape index (κ2) is 7.69. The second-order valence-electron chi connectivity index (χ2n) is 5.61. The van der Waals surface area contributed by atoms with Crippen molar-refractivity contribution in [3.05, 3.63) is 29.3 Å². The van der Waals surface area contributed by atoms with Crippen LogP contribution in [0.4, 0.5) is 0 Å². The van der Waals surface area contributed by atoms with Gasteiger partial charge in [-0.25, -0.2) is 0 Å². The fourth-order valence-corrected chi connectivity index (χ4v) is 3.00. The smallest absolute Gasteiger partial charge is 0.225 e. The zero-order chi connectivity index (χ0) is 15.2.